The third-order valence-corrected chi connectivity index (χ3v) is 1.36. The number of aliphatic hydroxyl groups is 1. The molecule has 0 bridgehead atoms. The number of nitrogens with one attached hydrogen (secondary N) is 2. The first kappa shape index (κ1) is 12.0. The molecule has 6 nitrogen and oxygen atoms in total. The summed E-state index contributed by atoms with van der Waals surface area (Å²) in [5, 5.41) is 21.3. The van der Waals surface area contributed by atoms with Crippen molar-refractivity contribution < 1.29 is 19.8 Å². The zero-order chi connectivity index (χ0) is 10.3. The molecule has 0 aliphatic heterocycles. The predicted molar refractivity (Wildman–Crippen MR) is 45.8 cm³/mol. The Hall–Kier alpha value is -1.01. The van der Waals surface area contributed by atoms with Crippen molar-refractivity contribution in [2.45, 2.75) is 6.04 Å². The molecule has 76 valence electrons. The highest BCUT2D eigenvalue weighted by atomic mass is 35.5. The highest BCUT2D eigenvalue weighted by molar-refractivity contribution is 6.18. The van der Waals surface area contributed by atoms with Crippen LogP contribution in [0, 0.1) is 0 Å². The molecule has 0 radical (unpaired) electrons. The molecular weight excluding hydrogens is 200 g/mol. The molecular formula is C6H11ClN2O4. The Morgan fingerprint density at radius 2 is 2.08 bits per heavy atom. The molecule has 2 amide bonds. The Kier molecular flexibility index (Phi) is 5.99. The Balaban J connectivity index is 3.80. The number of carboxylic acids is 1. The first-order chi connectivity index (χ1) is 6.11. The molecule has 1 atom stereocenters. The first-order valence-electron chi connectivity index (χ1n) is 3.55. The van der Waals surface area contributed by atoms with Crippen molar-refractivity contribution in [3.63, 3.8) is 0 Å². The van der Waals surface area contributed by atoms with Gasteiger partial charge in [-0.05, 0) is 0 Å². The van der Waals surface area contributed by atoms with Crippen molar-refractivity contribution in [1.29, 1.82) is 0 Å². The van der Waals surface area contributed by atoms with E-state index in [1.165, 1.54) is 0 Å². The molecule has 0 aromatic heterocycles. The summed E-state index contributed by atoms with van der Waals surface area (Å²) in [6.45, 7) is -0.408. The summed E-state index contributed by atoms with van der Waals surface area (Å²) in [5.41, 5.74) is 0. The van der Waals surface area contributed by atoms with Gasteiger partial charge in [0.1, 0.15) is 0 Å². The van der Waals surface area contributed by atoms with Crippen LogP contribution >= 0.6 is 11.6 Å². The lowest BCUT2D eigenvalue weighted by Crippen LogP contribution is -2.48. The number of rotatable bonds is 5. The second-order valence-corrected chi connectivity index (χ2v) is 2.54. The number of urea groups is 1. The van der Waals surface area contributed by atoms with Crippen LogP contribution in [0.2, 0.25) is 0 Å². The van der Waals surface area contributed by atoms with Crippen LogP contribution in [0.3, 0.4) is 0 Å². The van der Waals surface area contributed by atoms with Gasteiger partial charge in [-0.25, -0.2) is 9.59 Å². The van der Waals surface area contributed by atoms with Gasteiger partial charge in [0.05, 0.1) is 6.61 Å². The molecule has 0 saturated heterocycles. The van der Waals surface area contributed by atoms with Crippen LogP contribution < -0.4 is 10.6 Å². The number of aliphatic hydroxyl groups excluding tert-OH is 1. The van der Waals surface area contributed by atoms with Crippen molar-refractivity contribution in [1.82, 2.24) is 10.6 Å². The Morgan fingerprint density at radius 3 is 2.46 bits per heavy atom. The van der Waals surface area contributed by atoms with Gasteiger partial charge >= 0.3 is 12.0 Å². The van der Waals surface area contributed by atoms with Gasteiger partial charge < -0.3 is 20.8 Å². The number of hydrogen-bond donors (Lipinski definition) is 4. The van der Waals surface area contributed by atoms with Crippen LogP contribution in [0.15, 0.2) is 0 Å². The lowest BCUT2D eigenvalue weighted by Gasteiger charge is -2.11. The molecule has 0 aromatic carbocycles. The van der Waals surface area contributed by atoms with Gasteiger partial charge in [0.25, 0.3) is 0 Å². The van der Waals surface area contributed by atoms with E-state index in [0.29, 0.717) is 0 Å². The number of carbonyl (C=O) groups is 2. The monoisotopic (exact) mass is 210 g/mol. The first-order valence-corrected chi connectivity index (χ1v) is 4.09. The van der Waals surface area contributed by atoms with Gasteiger partial charge in [-0.1, -0.05) is 0 Å². The van der Waals surface area contributed by atoms with E-state index in [-0.39, 0.29) is 12.4 Å². The molecule has 0 saturated carbocycles. The minimum atomic E-state index is -1.29. The molecule has 7 heteroatoms. The summed E-state index contributed by atoms with van der Waals surface area (Å²) >= 11 is 5.27. The molecule has 0 aromatic rings. The van der Waals surface area contributed by atoms with Gasteiger partial charge in [0.2, 0.25) is 0 Å². The summed E-state index contributed by atoms with van der Waals surface area (Å²) < 4.78 is 0. The average Bonchev–Trinajstić information content (AvgIpc) is 2.10. The van der Waals surface area contributed by atoms with E-state index in [1.54, 1.807) is 0 Å². The Morgan fingerprint density at radius 1 is 1.46 bits per heavy atom. The fourth-order valence-electron chi connectivity index (χ4n) is 0.556. The molecule has 0 fully saturated rings. The van der Waals surface area contributed by atoms with Crippen molar-refractivity contribution in [2.24, 2.45) is 0 Å². The maximum absolute atomic E-state index is 10.8. The van der Waals surface area contributed by atoms with E-state index >= 15 is 0 Å². The molecule has 0 aliphatic rings. The van der Waals surface area contributed by atoms with Gasteiger partial charge in [-0.15, -0.1) is 11.6 Å². The largest absolute Gasteiger partial charge is 0.480 e. The molecule has 13 heavy (non-hydrogen) atoms. The SMILES string of the molecule is O=C(NCCCl)NC(CO)C(=O)O. The quantitative estimate of drug-likeness (QED) is 0.436. The molecule has 1 unspecified atom stereocenters. The predicted octanol–water partition coefficient (Wildman–Crippen LogP) is -1.03. The maximum Gasteiger partial charge on any atom is 0.328 e. The molecule has 0 rings (SSSR count). The second kappa shape index (κ2) is 6.50. The van der Waals surface area contributed by atoms with Crippen molar-refractivity contribution in [3.05, 3.63) is 0 Å². The van der Waals surface area contributed by atoms with E-state index in [0.717, 1.165) is 0 Å². The number of carboxylic acid groups (broad SMARTS) is 1. The van der Waals surface area contributed by atoms with Crippen LogP contribution in [0.4, 0.5) is 4.79 Å². The van der Waals surface area contributed by atoms with E-state index in [4.69, 9.17) is 21.8 Å². The fourth-order valence-corrected chi connectivity index (χ4v) is 0.650. The third kappa shape index (κ3) is 5.26. The highest BCUT2D eigenvalue weighted by Crippen LogP contribution is 1.82. The number of halogens is 1. The number of amides is 2. The summed E-state index contributed by atoms with van der Waals surface area (Å²) in [4.78, 5) is 21.1. The van der Waals surface area contributed by atoms with Crippen molar-refractivity contribution in [3.8, 4) is 0 Å². The minimum Gasteiger partial charge on any atom is -0.480 e. The Labute approximate surface area is 79.9 Å². The van der Waals surface area contributed by atoms with Crippen molar-refractivity contribution >= 4 is 23.6 Å². The normalized spacial score (nSPS) is 11.8. The smallest absolute Gasteiger partial charge is 0.328 e. The maximum atomic E-state index is 10.8. The Bertz CT molecular complexity index is 187. The second-order valence-electron chi connectivity index (χ2n) is 2.16. The number of alkyl halides is 1. The summed E-state index contributed by atoms with van der Waals surface area (Å²) in [6, 6.07) is -1.95. The van der Waals surface area contributed by atoms with Crippen LogP contribution in [0.1, 0.15) is 0 Å². The van der Waals surface area contributed by atoms with Gasteiger partial charge in [-0.2, -0.15) is 0 Å². The van der Waals surface area contributed by atoms with Crippen LogP contribution in [0.25, 0.3) is 0 Å². The summed E-state index contributed by atoms with van der Waals surface area (Å²) in [7, 11) is 0. The average molecular weight is 211 g/mol. The number of carbonyl (C=O) groups excluding carboxylic acids is 1. The van der Waals surface area contributed by atoms with Crippen molar-refractivity contribution in [2.75, 3.05) is 19.0 Å². The van der Waals surface area contributed by atoms with E-state index in [9.17, 15) is 9.59 Å². The van der Waals surface area contributed by atoms with E-state index < -0.39 is 24.6 Å². The zero-order valence-electron chi connectivity index (χ0n) is 6.79. The van der Waals surface area contributed by atoms with Gasteiger partial charge in [0, 0.05) is 12.4 Å². The lowest BCUT2D eigenvalue weighted by atomic mass is 10.3. The van der Waals surface area contributed by atoms with Crippen LogP contribution in [0.5, 0.6) is 0 Å². The van der Waals surface area contributed by atoms with E-state index in [2.05, 4.69) is 5.32 Å². The summed E-state index contributed by atoms with van der Waals surface area (Å²) in [6.07, 6.45) is 0. The van der Waals surface area contributed by atoms with Crippen LogP contribution in [-0.2, 0) is 4.79 Å². The third-order valence-electron chi connectivity index (χ3n) is 1.17. The standard InChI is InChI=1S/C6H11ClN2O4/c7-1-2-8-6(13)9-4(3-10)5(11)12/h4,10H,1-3H2,(H,11,12)(H2,8,9,13). The fraction of sp³-hybridized carbons (Fsp3) is 0.667. The summed E-state index contributed by atoms with van der Waals surface area (Å²) in [5.74, 6) is -1.05. The van der Waals surface area contributed by atoms with Gasteiger partial charge in [0.15, 0.2) is 6.04 Å². The zero-order valence-corrected chi connectivity index (χ0v) is 7.54. The van der Waals surface area contributed by atoms with E-state index in [1.807, 2.05) is 5.32 Å². The lowest BCUT2D eigenvalue weighted by molar-refractivity contribution is -0.140. The highest BCUT2D eigenvalue weighted by Gasteiger charge is 2.17. The minimum absolute atomic E-state index is 0.240. The molecule has 0 heterocycles. The molecule has 0 aliphatic carbocycles. The van der Waals surface area contributed by atoms with Gasteiger partial charge in [-0.3, -0.25) is 0 Å². The molecule has 4 N–H and O–H groups in total. The molecule has 0 spiro atoms. The number of hydrogen-bond acceptors (Lipinski definition) is 3. The number of aliphatic carboxylic acids is 1. The topological polar surface area (TPSA) is 98.7 Å². The van der Waals surface area contributed by atoms with Crippen LogP contribution in [-0.4, -0.2) is 47.3 Å².